The first-order valence-electron chi connectivity index (χ1n) is 10.6. The highest BCUT2D eigenvalue weighted by molar-refractivity contribution is 8.00. The van der Waals surface area contributed by atoms with Gasteiger partial charge in [0.25, 0.3) is 0 Å². The lowest BCUT2D eigenvalue weighted by Crippen LogP contribution is -2.28. The lowest BCUT2D eigenvalue weighted by Gasteiger charge is -2.36. The second kappa shape index (κ2) is 11.0. The van der Waals surface area contributed by atoms with Crippen LogP contribution in [0.4, 0.5) is 0 Å². The van der Waals surface area contributed by atoms with Crippen LogP contribution in [0.25, 0.3) is 0 Å². The Bertz CT molecular complexity index is 822. The Balaban J connectivity index is 1.99. The predicted octanol–water partition coefficient (Wildman–Crippen LogP) is 7.27. The van der Waals surface area contributed by atoms with Gasteiger partial charge in [0.05, 0.1) is 4.75 Å². The standard InChI is InChI=1S/C28H30OS/c1-3-4-8-21-27(29)23(2)22-30-28(24-15-9-5-10-16-24,25-17-11-6-12-18-25)26-19-13-7-14-20-26/h3,5-7,9-20,23H,1,4,8,21-22H2,2H3/t23-/m0/s1. The maximum absolute atomic E-state index is 12.7. The molecule has 1 nitrogen and oxygen atoms in total. The van der Waals surface area contributed by atoms with Crippen molar-refractivity contribution in [1.29, 1.82) is 0 Å². The quantitative estimate of drug-likeness (QED) is 0.186. The first-order chi connectivity index (χ1) is 14.7. The highest BCUT2D eigenvalue weighted by Crippen LogP contribution is 2.49. The molecule has 3 rings (SSSR count). The largest absolute Gasteiger partial charge is 0.299 e. The monoisotopic (exact) mass is 414 g/mol. The third-order valence-corrected chi connectivity index (χ3v) is 7.28. The molecule has 0 saturated carbocycles. The van der Waals surface area contributed by atoms with Crippen LogP contribution in [-0.4, -0.2) is 11.5 Å². The van der Waals surface area contributed by atoms with Crippen molar-refractivity contribution in [3.8, 4) is 0 Å². The summed E-state index contributed by atoms with van der Waals surface area (Å²) in [6.45, 7) is 5.82. The molecule has 0 amide bonds. The van der Waals surface area contributed by atoms with E-state index in [0.29, 0.717) is 12.2 Å². The first-order valence-corrected chi connectivity index (χ1v) is 11.6. The van der Waals surface area contributed by atoms with E-state index in [2.05, 4.69) is 104 Å². The van der Waals surface area contributed by atoms with Gasteiger partial charge in [0.15, 0.2) is 0 Å². The first kappa shape index (κ1) is 22.1. The molecule has 0 aliphatic heterocycles. The Morgan fingerprint density at radius 1 is 0.867 bits per heavy atom. The van der Waals surface area contributed by atoms with Gasteiger partial charge in [-0.2, -0.15) is 0 Å². The minimum atomic E-state index is -0.362. The molecule has 3 aromatic rings. The minimum Gasteiger partial charge on any atom is -0.299 e. The maximum Gasteiger partial charge on any atom is 0.136 e. The normalized spacial score (nSPS) is 12.3. The van der Waals surface area contributed by atoms with Crippen molar-refractivity contribution in [2.45, 2.75) is 30.9 Å². The fraction of sp³-hybridized carbons (Fsp3) is 0.250. The number of hydrogen-bond donors (Lipinski definition) is 0. The van der Waals surface area contributed by atoms with Crippen molar-refractivity contribution in [3.05, 3.63) is 120 Å². The van der Waals surface area contributed by atoms with Gasteiger partial charge in [-0.3, -0.25) is 4.79 Å². The number of rotatable bonds is 11. The summed E-state index contributed by atoms with van der Waals surface area (Å²) in [4.78, 5) is 12.7. The molecular formula is C28H30OS. The molecular weight excluding hydrogens is 384 g/mol. The molecule has 0 bridgehead atoms. The lowest BCUT2D eigenvalue weighted by molar-refractivity contribution is -0.121. The zero-order valence-electron chi connectivity index (χ0n) is 17.7. The summed E-state index contributed by atoms with van der Waals surface area (Å²) in [5, 5.41) is 0. The number of carbonyl (C=O) groups is 1. The molecule has 0 spiro atoms. The highest BCUT2D eigenvalue weighted by atomic mass is 32.2. The summed E-state index contributed by atoms with van der Waals surface area (Å²) in [7, 11) is 0. The Labute approximate surface area is 185 Å². The van der Waals surface area contributed by atoms with Gasteiger partial charge in [0, 0.05) is 18.1 Å². The van der Waals surface area contributed by atoms with E-state index in [4.69, 9.17) is 0 Å². The second-order valence-electron chi connectivity index (χ2n) is 7.64. The second-order valence-corrected chi connectivity index (χ2v) is 8.87. The van der Waals surface area contributed by atoms with E-state index in [0.717, 1.165) is 18.6 Å². The summed E-state index contributed by atoms with van der Waals surface area (Å²) >= 11 is 1.86. The Kier molecular flexibility index (Phi) is 8.10. The molecule has 0 N–H and O–H groups in total. The zero-order chi connectivity index (χ0) is 21.2. The Morgan fingerprint density at radius 3 is 1.70 bits per heavy atom. The van der Waals surface area contributed by atoms with Crippen LogP contribution in [0.2, 0.25) is 0 Å². The average molecular weight is 415 g/mol. The van der Waals surface area contributed by atoms with Crippen molar-refractivity contribution < 1.29 is 4.79 Å². The van der Waals surface area contributed by atoms with Gasteiger partial charge < -0.3 is 0 Å². The SMILES string of the molecule is C=CCCCC(=O)[C@@H](C)CSC(c1ccccc1)(c1ccccc1)c1ccccc1. The van der Waals surface area contributed by atoms with Gasteiger partial charge in [-0.15, -0.1) is 18.3 Å². The van der Waals surface area contributed by atoms with E-state index in [1.165, 1.54) is 16.7 Å². The number of Topliss-reactive ketones (excluding diaryl/α,β-unsaturated/α-hetero) is 1. The third-order valence-electron chi connectivity index (χ3n) is 5.47. The van der Waals surface area contributed by atoms with E-state index in [9.17, 15) is 4.79 Å². The van der Waals surface area contributed by atoms with Gasteiger partial charge in [-0.05, 0) is 29.5 Å². The van der Waals surface area contributed by atoms with Crippen LogP contribution < -0.4 is 0 Å². The molecule has 0 fully saturated rings. The van der Waals surface area contributed by atoms with E-state index in [1.807, 2.05) is 17.8 Å². The van der Waals surface area contributed by atoms with Crippen molar-refractivity contribution in [2.75, 3.05) is 5.75 Å². The molecule has 0 unspecified atom stereocenters. The molecule has 0 radical (unpaired) electrons. The maximum atomic E-state index is 12.7. The summed E-state index contributed by atoms with van der Waals surface area (Å²) in [6, 6.07) is 31.9. The molecule has 0 heterocycles. The number of allylic oxidation sites excluding steroid dienone is 1. The van der Waals surface area contributed by atoms with Crippen LogP contribution in [-0.2, 0) is 9.54 Å². The Hall–Kier alpha value is -2.58. The van der Waals surface area contributed by atoms with Crippen molar-refractivity contribution in [1.82, 2.24) is 0 Å². The van der Waals surface area contributed by atoms with Crippen LogP contribution in [0.3, 0.4) is 0 Å². The van der Waals surface area contributed by atoms with Crippen molar-refractivity contribution >= 4 is 17.5 Å². The van der Waals surface area contributed by atoms with Crippen LogP contribution in [0.5, 0.6) is 0 Å². The number of unbranched alkanes of at least 4 members (excludes halogenated alkanes) is 1. The lowest BCUT2D eigenvalue weighted by atomic mass is 9.84. The summed E-state index contributed by atoms with van der Waals surface area (Å²) in [6.07, 6.45) is 4.30. The molecule has 154 valence electrons. The molecule has 0 aliphatic rings. The number of ketones is 1. The number of carbonyl (C=O) groups excluding carboxylic acids is 1. The van der Waals surface area contributed by atoms with Gasteiger partial charge in [0.1, 0.15) is 5.78 Å². The molecule has 3 aromatic carbocycles. The van der Waals surface area contributed by atoms with Gasteiger partial charge in [-0.1, -0.05) is 104 Å². The fourth-order valence-corrected chi connectivity index (χ4v) is 5.37. The highest BCUT2D eigenvalue weighted by Gasteiger charge is 2.37. The van der Waals surface area contributed by atoms with Crippen LogP contribution in [0.15, 0.2) is 104 Å². The minimum absolute atomic E-state index is 0.00956. The molecule has 0 saturated heterocycles. The predicted molar refractivity (Wildman–Crippen MR) is 130 cm³/mol. The third kappa shape index (κ3) is 5.12. The topological polar surface area (TPSA) is 17.1 Å². The smallest absolute Gasteiger partial charge is 0.136 e. The molecule has 0 aromatic heterocycles. The van der Waals surface area contributed by atoms with Gasteiger partial charge >= 0.3 is 0 Å². The number of hydrogen-bond acceptors (Lipinski definition) is 2. The fourth-order valence-electron chi connectivity index (χ4n) is 3.78. The summed E-state index contributed by atoms with van der Waals surface area (Å²) < 4.78 is -0.362. The Morgan fingerprint density at radius 2 is 1.30 bits per heavy atom. The number of thioether (sulfide) groups is 1. The van der Waals surface area contributed by atoms with Gasteiger partial charge in [-0.25, -0.2) is 0 Å². The average Bonchev–Trinajstić information content (AvgIpc) is 2.81. The van der Waals surface area contributed by atoms with E-state index in [1.54, 1.807) is 0 Å². The molecule has 2 heteroatoms. The van der Waals surface area contributed by atoms with E-state index < -0.39 is 0 Å². The zero-order valence-corrected chi connectivity index (χ0v) is 18.5. The van der Waals surface area contributed by atoms with Gasteiger partial charge in [0.2, 0.25) is 0 Å². The summed E-state index contributed by atoms with van der Waals surface area (Å²) in [5.41, 5.74) is 3.70. The van der Waals surface area contributed by atoms with Crippen molar-refractivity contribution in [3.63, 3.8) is 0 Å². The summed E-state index contributed by atoms with van der Waals surface area (Å²) in [5.74, 6) is 1.12. The molecule has 1 atom stereocenters. The van der Waals surface area contributed by atoms with E-state index >= 15 is 0 Å². The molecule has 0 aliphatic carbocycles. The van der Waals surface area contributed by atoms with Crippen LogP contribution in [0, 0.1) is 5.92 Å². The van der Waals surface area contributed by atoms with E-state index in [-0.39, 0.29) is 10.7 Å². The molecule has 30 heavy (non-hydrogen) atoms. The van der Waals surface area contributed by atoms with Crippen LogP contribution >= 0.6 is 11.8 Å². The van der Waals surface area contributed by atoms with Crippen LogP contribution in [0.1, 0.15) is 42.9 Å². The number of benzene rings is 3. The van der Waals surface area contributed by atoms with Crippen molar-refractivity contribution in [2.24, 2.45) is 5.92 Å².